The molecule has 0 aliphatic carbocycles. The molecule has 21 heavy (non-hydrogen) atoms. The second-order valence-electron chi connectivity index (χ2n) is 4.78. The van der Waals surface area contributed by atoms with Gasteiger partial charge in [0.15, 0.2) is 0 Å². The normalized spacial score (nSPS) is 12.1. The van der Waals surface area contributed by atoms with Crippen LogP contribution in [0.2, 0.25) is 10.0 Å². The number of carbonyl (C=O) groups excluding carboxylic acids is 2. The molecule has 2 N–H and O–H groups in total. The van der Waals surface area contributed by atoms with Crippen molar-refractivity contribution in [1.29, 1.82) is 0 Å². The van der Waals surface area contributed by atoms with Gasteiger partial charge in [-0.05, 0) is 18.1 Å². The van der Waals surface area contributed by atoms with Gasteiger partial charge < -0.3 is 10.1 Å². The Balaban J connectivity index is 2.61. The molecule has 0 aromatic heterocycles. The third kappa shape index (κ3) is 5.19. The molecule has 0 bridgehead atoms. The van der Waals surface area contributed by atoms with Gasteiger partial charge in [0.05, 0.1) is 29.4 Å². The first-order valence-electron chi connectivity index (χ1n) is 6.42. The summed E-state index contributed by atoms with van der Waals surface area (Å²) in [6, 6.07) is 4.41. The molecule has 1 aromatic carbocycles. The molecule has 0 heterocycles. The summed E-state index contributed by atoms with van der Waals surface area (Å²) in [6.45, 7) is 3.68. The molecule has 1 unspecified atom stereocenters. The van der Waals surface area contributed by atoms with Crippen LogP contribution in [0.15, 0.2) is 18.2 Å². The molecule has 5 nitrogen and oxygen atoms in total. The molecule has 116 valence electrons. The van der Waals surface area contributed by atoms with E-state index in [1.807, 2.05) is 13.8 Å². The minimum Gasteiger partial charge on any atom is -0.468 e. The number of hydrogen-bond donors (Lipinski definition) is 2. The predicted molar refractivity (Wildman–Crippen MR) is 83.7 cm³/mol. The van der Waals surface area contributed by atoms with Crippen molar-refractivity contribution in [3.05, 3.63) is 28.2 Å². The number of rotatable bonds is 6. The summed E-state index contributed by atoms with van der Waals surface area (Å²) in [5.74, 6) is -0.729. The number of hydrogen-bond acceptors (Lipinski definition) is 4. The standard InChI is InChI=1S/C14H18Cl2N2O3/c1-8(2)13(14(20)21-3)17-7-11(19)18-10-6-4-5-9(15)12(10)16/h4-6,8,13,17H,7H2,1-3H3,(H,18,19). The average Bonchev–Trinajstić information content (AvgIpc) is 2.43. The molecule has 7 heteroatoms. The lowest BCUT2D eigenvalue weighted by Gasteiger charge is -2.19. The van der Waals surface area contributed by atoms with Crippen molar-refractivity contribution >= 4 is 40.8 Å². The Morgan fingerprint density at radius 2 is 1.95 bits per heavy atom. The van der Waals surface area contributed by atoms with Crippen molar-refractivity contribution in [1.82, 2.24) is 5.32 Å². The Morgan fingerprint density at radius 1 is 1.29 bits per heavy atom. The van der Waals surface area contributed by atoms with E-state index in [0.717, 1.165) is 0 Å². The number of anilines is 1. The quantitative estimate of drug-likeness (QED) is 0.786. The lowest BCUT2D eigenvalue weighted by atomic mass is 10.0. The van der Waals surface area contributed by atoms with Gasteiger partial charge >= 0.3 is 5.97 Å². The fourth-order valence-electron chi connectivity index (χ4n) is 1.72. The van der Waals surface area contributed by atoms with Gasteiger partial charge in [-0.1, -0.05) is 43.1 Å². The topological polar surface area (TPSA) is 67.4 Å². The Morgan fingerprint density at radius 3 is 2.52 bits per heavy atom. The number of ether oxygens (including phenoxy) is 1. The number of methoxy groups -OCH3 is 1. The van der Waals surface area contributed by atoms with Crippen molar-refractivity contribution in [2.24, 2.45) is 5.92 Å². The zero-order valence-corrected chi connectivity index (χ0v) is 13.6. The maximum absolute atomic E-state index is 11.9. The smallest absolute Gasteiger partial charge is 0.323 e. The molecule has 1 aromatic rings. The first-order chi connectivity index (χ1) is 9.86. The molecule has 0 saturated heterocycles. The zero-order chi connectivity index (χ0) is 16.0. The summed E-state index contributed by atoms with van der Waals surface area (Å²) in [5, 5.41) is 6.13. The van der Waals surface area contributed by atoms with E-state index in [-0.39, 0.29) is 23.4 Å². The van der Waals surface area contributed by atoms with Gasteiger partial charge in [-0.15, -0.1) is 0 Å². The van der Waals surface area contributed by atoms with E-state index in [2.05, 4.69) is 15.4 Å². The molecule has 1 amide bonds. The minimum absolute atomic E-state index is 0.00000712. The third-order valence-corrected chi connectivity index (χ3v) is 3.65. The van der Waals surface area contributed by atoms with Crippen LogP contribution in [0.4, 0.5) is 5.69 Å². The second-order valence-corrected chi connectivity index (χ2v) is 5.56. The van der Waals surface area contributed by atoms with Gasteiger partial charge in [0.1, 0.15) is 6.04 Å². The number of halogens is 2. The van der Waals surface area contributed by atoms with Crippen LogP contribution in [0.25, 0.3) is 0 Å². The van der Waals surface area contributed by atoms with Crippen LogP contribution in [0.3, 0.4) is 0 Å². The van der Waals surface area contributed by atoms with E-state index in [0.29, 0.717) is 10.7 Å². The van der Waals surface area contributed by atoms with Crippen LogP contribution in [0.1, 0.15) is 13.8 Å². The predicted octanol–water partition coefficient (Wildman–Crippen LogP) is 2.72. The summed E-state index contributed by atoms with van der Waals surface area (Å²) in [6.07, 6.45) is 0. The van der Waals surface area contributed by atoms with Crippen LogP contribution in [0, 0.1) is 5.92 Å². The van der Waals surface area contributed by atoms with Gasteiger partial charge in [0.25, 0.3) is 0 Å². The van der Waals surface area contributed by atoms with E-state index < -0.39 is 12.0 Å². The van der Waals surface area contributed by atoms with Gasteiger partial charge in [-0.2, -0.15) is 0 Å². The highest BCUT2D eigenvalue weighted by Crippen LogP contribution is 2.29. The highest BCUT2D eigenvalue weighted by molar-refractivity contribution is 6.43. The monoisotopic (exact) mass is 332 g/mol. The molecule has 0 saturated carbocycles. The lowest BCUT2D eigenvalue weighted by molar-refractivity contribution is -0.144. The maximum Gasteiger partial charge on any atom is 0.323 e. The van der Waals surface area contributed by atoms with Crippen LogP contribution < -0.4 is 10.6 Å². The summed E-state index contributed by atoms with van der Waals surface area (Å²) in [5.41, 5.74) is 0.426. The Bertz CT molecular complexity index is 521. The van der Waals surface area contributed by atoms with Gasteiger partial charge in [0.2, 0.25) is 5.91 Å². The number of benzene rings is 1. The van der Waals surface area contributed by atoms with Crippen molar-refractivity contribution in [2.75, 3.05) is 19.0 Å². The highest BCUT2D eigenvalue weighted by atomic mass is 35.5. The van der Waals surface area contributed by atoms with Crippen LogP contribution in [-0.2, 0) is 14.3 Å². The maximum atomic E-state index is 11.9. The van der Waals surface area contributed by atoms with Crippen molar-refractivity contribution < 1.29 is 14.3 Å². The summed E-state index contributed by atoms with van der Waals surface area (Å²) in [4.78, 5) is 23.5. The first kappa shape index (κ1) is 17.8. The fraction of sp³-hybridized carbons (Fsp3) is 0.429. The Kier molecular flexibility index (Phi) is 6.95. The zero-order valence-electron chi connectivity index (χ0n) is 12.1. The molecule has 0 aliphatic rings. The lowest BCUT2D eigenvalue weighted by Crippen LogP contribution is -2.45. The summed E-state index contributed by atoms with van der Waals surface area (Å²) < 4.78 is 4.69. The first-order valence-corrected chi connectivity index (χ1v) is 7.17. The van der Waals surface area contributed by atoms with Crippen molar-refractivity contribution in [3.63, 3.8) is 0 Å². The summed E-state index contributed by atoms with van der Waals surface area (Å²) in [7, 11) is 1.31. The molecule has 0 radical (unpaired) electrons. The molecule has 1 rings (SSSR count). The average molecular weight is 333 g/mol. The molecular formula is C14H18Cl2N2O3. The molecule has 0 spiro atoms. The highest BCUT2D eigenvalue weighted by Gasteiger charge is 2.23. The molecule has 0 fully saturated rings. The minimum atomic E-state index is -0.546. The van der Waals surface area contributed by atoms with E-state index in [1.165, 1.54) is 7.11 Å². The van der Waals surface area contributed by atoms with E-state index in [9.17, 15) is 9.59 Å². The number of esters is 1. The largest absolute Gasteiger partial charge is 0.468 e. The molecular weight excluding hydrogens is 315 g/mol. The van der Waals surface area contributed by atoms with E-state index >= 15 is 0 Å². The summed E-state index contributed by atoms with van der Waals surface area (Å²) >= 11 is 11.8. The second kappa shape index (κ2) is 8.22. The number of carbonyl (C=O) groups is 2. The van der Waals surface area contributed by atoms with Crippen LogP contribution in [0.5, 0.6) is 0 Å². The third-order valence-electron chi connectivity index (χ3n) is 2.83. The van der Waals surface area contributed by atoms with E-state index in [1.54, 1.807) is 18.2 Å². The Labute approximate surface area is 133 Å². The SMILES string of the molecule is COC(=O)C(NCC(=O)Nc1cccc(Cl)c1Cl)C(C)C. The van der Waals surface area contributed by atoms with E-state index in [4.69, 9.17) is 23.2 Å². The van der Waals surface area contributed by atoms with Gasteiger partial charge in [-0.3, -0.25) is 14.9 Å². The van der Waals surface area contributed by atoms with Crippen molar-refractivity contribution in [2.45, 2.75) is 19.9 Å². The Hall–Kier alpha value is -1.30. The van der Waals surface area contributed by atoms with Crippen LogP contribution in [-0.4, -0.2) is 31.6 Å². The van der Waals surface area contributed by atoms with Crippen molar-refractivity contribution in [3.8, 4) is 0 Å². The number of amides is 1. The molecule has 0 aliphatic heterocycles. The molecule has 1 atom stereocenters. The fourth-order valence-corrected chi connectivity index (χ4v) is 2.06. The number of nitrogens with one attached hydrogen (secondary N) is 2. The van der Waals surface area contributed by atoms with Gasteiger partial charge in [0, 0.05) is 0 Å². The van der Waals surface area contributed by atoms with Gasteiger partial charge in [-0.25, -0.2) is 0 Å². The van der Waals surface area contributed by atoms with Crippen LogP contribution >= 0.6 is 23.2 Å².